The molecule has 0 aliphatic carbocycles. The second-order valence-corrected chi connectivity index (χ2v) is 7.87. The van der Waals surface area contributed by atoms with E-state index in [1.165, 1.54) is 11.8 Å². The minimum Gasteiger partial charge on any atom is -0.493 e. The summed E-state index contributed by atoms with van der Waals surface area (Å²) in [7, 11) is 4.66. The summed E-state index contributed by atoms with van der Waals surface area (Å²) in [5, 5.41) is 0. The summed E-state index contributed by atoms with van der Waals surface area (Å²) in [6.45, 7) is 4.01. The van der Waals surface area contributed by atoms with E-state index in [4.69, 9.17) is 26.4 Å². The van der Waals surface area contributed by atoms with Gasteiger partial charge in [0.15, 0.2) is 15.8 Å². The Morgan fingerprint density at radius 3 is 2.25 bits per heavy atom. The topological polar surface area (TPSA) is 48.0 Å². The third kappa shape index (κ3) is 3.59. The lowest BCUT2D eigenvalue weighted by Crippen LogP contribution is -2.28. The molecular formula is C21H21NO4S2. The van der Waals surface area contributed by atoms with Crippen molar-refractivity contribution in [2.75, 3.05) is 26.2 Å². The van der Waals surface area contributed by atoms with Gasteiger partial charge >= 0.3 is 0 Å². The van der Waals surface area contributed by atoms with E-state index >= 15 is 0 Å². The molecule has 1 amide bonds. The minimum absolute atomic E-state index is 0.141. The van der Waals surface area contributed by atoms with Crippen molar-refractivity contribution in [2.45, 2.75) is 13.8 Å². The lowest BCUT2D eigenvalue weighted by atomic mass is 10.1. The summed E-state index contributed by atoms with van der Waals surface area (Å²) < 4.78 is 16.6. The van der Waals surface area contributed by atoms with Crippen LogP contribution in [0.1, 0.15) is 16.7 Å². The highest BCUT2D eigenvalue weighted by Gasteiger charge is 2.34. The lowest BCUT2D eigenvalue weighted by Gasteiger charge is -2.18. The number of thiocarbonyl (C=S) groups is 1. The Kier molecular flexibility index (Phi) is 5.96. The average Bonchev–Trinajstić information content (AvgIpc) is 2.96. The molecule has 0 spiro atoms. The fourth-order valence-electron chi connectivity index (χ4n) is 2.99. The van der Waals surface area contributed by atoms with Crippen LogP contribution in [0.3, 0.4) is 0 Å². The number of anilines is 1. The summed E-state index contributed by atoms with van der Waals surface area (Å²) in [5.74, 6) is 1.42. The van der Waals surface area contributed by atoms with Crippen LogP contribution in [0.25, 0.3) is 6.08 Å². The summed E-state index contributed by atoms with van der Waals surface area (Å²) in [6, 6.07) is 9.45. The molecule has 0 atom stereocenters. The van der Waals surface area contributed by atoms with E-state index in [2.05, 4.69) is 0 Å². The van der Waals surface area contributed by atoms with Crippen molar-refractivity contribution in [1.82, 2.24) is 0 Å². The van der Waals surface area contributed by atoms with Crippen molar-refractivity contribution in [1.29, 1.82) is 0 Å². The Morgan fingerprint density at radius 1 is 1.04 bits per heavy atom. The smallest absolute Gasteiger partial charge is 0.270 e. The number of hydrogen-bond acceptors (Lipinski definition) is 6. The fraction of sp³-hybridized carbons (Fsp3) is 0.238. The van der Waals surface area contributed by atoms with Crippen molar-refractivity contribution in [3.8, 4) is 17.2 Å². The van der Waals surface area contributed by atoms with Gasteiger partial charge in [0.05, 0.1) is 31.9 Å². The average molecular weight is 416 g/mol. The molecule has 2 aromatic carbocycles. The highest BCUT2D eigenvalue weighted by molar-refractivity contribution is 8.27. The third-order valence-electron chi connectivity index (χ3n) is 4.60. The van der Waals surface area contributed by atoms with E-state index in [1.807, 2.05) is 32.0 Å². The number of nitrogens with zero attached hydrogens (tertiary/aromatic N) is 1. The zero-order valence-electron chi connectivity index (χ0n) is 16.4. The molecule has 1 fully saturated rings. The van der Waals surface area contributed by atoms with Crippen LogP contribution in [0.2, 0.25) is 0 Å². The molecule has 5 nitrogen and oxygen atoms in total. The van der Waals surface area contributed by atoms with Crippen molar-refractivity contribution in [3.63, 3.8) is 0 Å². The van der Waals surface area contributed by atoms with E-state index < -0.39 is 0 Å². The van der Waals surface area contributed by atoms with Gasteiger partial charge in [0, 0.05) is 0 Å². The monoisotopic (exact) mass is 415 g/mol. The van der Waals surface area contributed by atoms with E-state index in [0.717, 1.165) is 22.4 Å². The number of benzene rings is 2. The molecule has 1 aliphatic rings. The van der Waals surface area contributed by atoms with Crippen LogP contribution in [0.15, 0.2) is 35.2 Å². The van der Waals surface area contributed by atoms with Gasteiger partial charge in [-0.25, -0.2) is 0 Å². The van der Waals surface area contributed by atoms with Gasteiger partial charge in [-0.3, -0.25) is 9.69 Å². The number of hydrogen-bond donors (Lipinski definition) is 0. The lowest BCUT2D eigenvalue weighted by molar-refractivity contribution is -0.113. The molecule has 0 N–H and O–H groups in total. The first kappa shape index (κ1) is 20.2. The zero-order chi connectivity index (χ0) is 20.4. The molecule has 1 saturated heterocycles. The van der Waals surface area contributed by atoms with E-state index in [0.29, 0.717) is 26.5 Å². The molecule has 0 saturated carbocycles. The highest BCUT2D eigenvalue weighted by Crippen LogP contribution is 2.41. The van der Waals surface area contributed by atoms with Crippen LogP contribution in [-0.2, 0) is 4.79 Å². The number of carbonyl (C=O) groups excluding carboxylic acids is 1. The van der Waals surface area contributed by atoms with Gasteiger partial charge in [0.2, 0.25) is 5.75 Å². The molecule has 1 aliphatic heterocycles. The summed E-state index contributed by atoms with van der Waals surface area (Å²) >= 11 is 6.77. The van der Waals surface area contributed by atoms with Gasteiger partial charge in [-0.1, -0.05) is 36.1 Å². The van der Waals surface area contributed by atoms with Crippen molar-refractivity contribution >= 4 is 46.0 Å². The molecule has 0 unspecified atom stereocenters. The first-order chi connectivity index (χ1) is 13.4. The summed E-state index contributed by atoms with van der Waals surface area (Å²) in [6.07, 6.45) is 1.79. The van der Waals surface area contributed by atoms with Crippen LogP contribution in [0.5, 0.6) is 17.2 Å². The van der Waals surface area contributed by atoms with Gasteiger partial charge in [0.25, 0.3) is 5.91 Å². The predicted molar refractivity (Wildman–Crippen MR) is 118 cm³/mol. The second-order valence-electron chi connectivity index (χ2n) is 6.19. The van der Waals surface area contributed by atoms with Crippen LogP contribution in [0, 0.1) is 13.8 Å². The molecule has 0 aromatic heterocycles. The molecular weight excluding hydrogens is 394 g/mol. The van der Waals surface area contributed by atoms with Gasteiger partial charge in [-0.05, 0) is 54.8 Å². The molecule has 2 aromatic rings. The maximum atomic E-state index is 13.1. The van der Waals surface area contributed by atoms with Gasteiger partial charge in [0.1, 0.15) is 0 Å². The number of thioether (sulfide) groups is 1. The maximum Gasteiger partial charge on any atom is 0.270 e. The fourth-order valence-corrected chi connectivity index (χ4v) is 4.27. The van der Waals surface area contributed by atoms with E-state index in [-0.39, 0.29) is 5.91 Å². The van der Waals surface area contributed by atoms with Gasteiger partial charge < -0.3 is 14.2 Å². The molecule has 1 heterocycles. The van der Waals surface area contributed by atoms with Gasteiger partial charge in [-0.2, -0.15) is 0 Å². The zero-order valence-corrected chi connectivity index (χ0v) is 18.0. The Balaban J connectivity index is 2.02. The highest BCUT2D eigenvalue weighted by atomic mass is 32.2. The van der Waals surface area contributed by atoms with Crippen molar-refractivity contribution in [3.05, 3.63) is 51.9 Å². The van der Waals surface area contributed by atoms with Crippen LogP contribution in [0.4, 0.5) is 5.69 Å². The minimum atomic E-state index is -0.141. The van der Waals surface area contributed by atoms with Crippen molar-refractivity contribution < 1.29 is 19.0 Å². The normalized spacial score (nSPS) is 15.3. The van der Waals surface area contributed by atoms with E-state index in [9.17, 15) is 4.79 Å². The van der Waals surface area contributed by atoms with Crippen LogP contribution in [-0.4, -0.2) is 31.6 Å². The molecule has 0 bridgehead atoms. The van der Waals surface area contributed by atoms with Crippen LogP contribution >= 0.6 is 24.0 Å². The SMILES string of the molecule is COc1cc(/C=C2\SC(=S)N(c3cccc(C)c3C)C2=O)cc(OC)c1OC. The van der Waals surface area contributed by atoms with Crippen molar-refractivity contribution in [2.24, 2.45) is 0 Å². The van der Waals surface area contributed by atoms with Gasteiger partial charge in [-0.15, -0.1) is 0 Å². The summed E-state index contributed by atoms with van der Waals surface area (Å²) in [4.78, 5) is 15.2. The quantitative estimate of drug-likeness (QED) is 0.520. The molecule has 7 heteroatoms. The number of ether oxygens (including phenoxy) is 3. The first-order valence-corrected chi connectivity index (χ1v) is 9.78. The predicted octanol–water partition coefficient (Wildman–Crippen LogP) is 4.74. The largest absolute Gasteiger partial charge is 0.493 e. The Bertz CT molecular complexity index is 959. The Hall–Kier alpha value is -2.51. The molecule has 3 rings (SSSR count). The Morgan fingerprint density at radius 2 is 1.68 bits per heavy atom. The second kappa shape index (κ2) is 8.24. The Labute approximate surface area is 174 Å². The molecule has 0 radical (unpaired) electrons. The number of rotatable bonds is 5. The van der Waals surface area contributed by atoms with Crippen LogP contribution < -0.4 is 19.1 Å². The number of aryl methyl sites for hydroxylation is 1. The standard InChI is InChI=1S/C21H21NO4S2/c1-12-7-6-8-15(13(12)2)22-20(23)18(28-21(22)27)11-14-9-16(24-3)19(26-5)17(10-14)25-4/h6-11H,1-5H3/b18-11-. The molecule has 146 valence electrons. The number of methoxy groups -OCH3 is 3. The number of carbonyl (C=O) groups is 1. The third-order valence-corrected chi connectivity index (χ3v) is 5.90. The van der Waals surface area contributed by atoms with E-state index in [1.54, 1.807) is 44.4 Å². The number of amides is 1. The maximum absolute atomic E-state index is 13.1. The summed E-state index contributed by atoms with van der Waals surface area (Å²) in [5.41, 5.74) is 3.72. The molecule has 28 heavy (non-hydrogen) atoms. The first-order valence-electron chi connectivity index (χ1n) is 8.55.